The Kier molecular flexibility index (Phi) is 6.75. The van der Waals surface area contributed by atoms with E-state index in [1.54, 1.807) is 25.3 Å². The molecule has 0 saturated heterocycles. The van der Waals surface area contributed by atoms with Crippen LogP contribution in [0.4, 0.5) is 13.2 Å². The van der Waals surface area contributed by atoms with Gasteiger partial charge in [-0.05, 0) is 12.1 Å². The number of alkyl halides is 4. The van der Waals surface area contributed by atoms with Crippen molar-refractivity contribution in [2.45, 2.75) is 12.1 Å². The fourth-order valence-electron chi connectivity index (χ4n) is 1.83. The van der Waals surface area contributed by atoms with Crippen LogP contribution >= 0.6 is 23.2 Å². The lowest BCUT2D eigenvalue weighted by atomic mass is 10.2. The molecule has 0 saturated carbocycles. The molecule has 2 rings (SSSR count). The van der Waals surface area contributed by atoms with Crippen molar-refractivity contribution in [2.24, 2.45) is 0 Å². The Morgan fingerprint density at radius 2 is 1.92 bits per heavy atom. The SMILES string of the molecule is COCCOc1ccc(CCl)c(Oc2ncc(C(F)(F)F)cc2Cl)c1. The van der Waals surface area contributed by atoms with Crippen molar-refractivity contribution in [1.29, 1.82) is 0 Å². The quantitative estimate of drug-likeness (QED) is 0.470. The first kappa shape index (κ1) is 19.6. The maximum absolute atomic E-state index is 12.7. The van der Waals surface area contributed by atoms with Crippen molar-refractivity contribution in [3.8, 4) is 17.4 Å². The van der Waals surface area contributed by atoms with Crippen LogP contribution in [0.5, 0.6) is 17.4 Å². The summed E-state index contributed by atoms with van der Waals surface area (Å²) in [4.78, 5) is 3.64. The second kappa shape index (κ2) is 8.60. The van der Waals surface area contributed by atoms with Crippen molar-refractivity contribution < 1.29 is 27.4 Å². The van der Waals surface area contributed by atoms with Gasteiger partial charge in [-0.1, -0.05) is 17.7 Å². The minimum absolute atomic E-state index is 0.131. The molecule has 0 fully saturated rings. The van der Waals surface area contributed by atoms with Gasteiger partial charge < -0.3 is 14.2 Å². The van der Waals surface area contributed by atoms with E-state index in [-0.39, 0.29) is 16.8 Å². The summed E-state index contributed by atoms with van der Waals surface area (Å²) >= 11 is 11.7. The highest BCUT2D eigenvalue weighted by molar-refractivity contribution is 6.31. The van der Waals surface area contributed by atoms with Crippen molar-refractivity contribution in [2.75, 3.05) is 20.3 Å². The van der Waals surface area contributed by atoms with E-state index in [1.807, 2.05) is 0 Å². The number of hydrogen-bond donors (Lipinski definition) is 0. The van der Waals surface area contributed by atoms with E-state index in [0.717, 1.165) is 6.07 Å². The molecule has 0 unspecified atom stereocenters. The van der Waals surface area contributed by atoms with Crippen molar-refractivity contribution in [1.82, 2.24) is 4.98 Å². The summed E-state index contributed by atoms with van der Waals surface area (Å²) in [5.74, 6) is 0.754. The van der Waals surface area contributed by atoms with Gasteiger partial charge in [0.05, 0.1) is 18.1 Å². The molecule has 25 heavy (non-hydrogen) atoms. The molecule has 0 atom stereocenters. The summed E-state index contributed by atoms with van der Waals surface area (Å²) in [6.07, 6.45) is -3.88. The zero-order valence-corrected chi connectivity index (χ0v) is 14.6. The lowest BCUT2D eigenvalue weighted by molar-refractivity contribution is -0.137. The van der Waals surface area contributed by atoms with Crippen molar-refractivity contribution in [3.05, 3.63) is 46.6 Å². The molecule has 1 aromatic heterocycles. The van der Waals surface area contributed by atoms with Gasteiger partial charge >= 0.3 is 6.18 Å². The van der Waals surface area contributed by atoms with Gasteiger partial charge in [-0.3, -0.25) is 0 Å². The summed E-state index contributed by atoms with van der Waals surface area (Å²) < 4.78 is 53.9. The molecule has 0 aliphatic carbocycles. The van der Waals surface area contributed by atoms with E-state index in [2.05, 4.69) is 4.98 Å². The molecule has 4 nitrogen and oxygen atoms in total. The van der Waals surface area contributed by atoms with Crippen LogP contribution in [0.25, 0.3) is 0 Å². The third-order valence-corrected chi connectivity index (χ3v) is 3.64. The monoisotopic (exact) mass is 395 g/mol. The Hall–Kier alpha value is -1.70. The van der Waals surface area contributed by atoms with Gasteiger partial charge in [-0.25, -0.2) is 4.98 Å². The van der Waals surface area contributed by atoms with E-state index in [0.29, 0.717) is 36.5 Å². The van der Waals surface area contributed by atoms with E-state index >= 15 is 0 Å². The zero-order chi connectivity index (χ0) is 18.4. The number of rotatable bonds is 7. The Morgan fingerprint density at radius 3 is 2.52 bits per heavy atom. The fraction of sp³-hybridized carbons (Fsp3) is 0.312. The first-order chi connectivity index (χ1) is 11.8. The summed E-state index contributed by atoms with van der Waals surface area (Å²) in [6, 6.07) is 5.69. The Bertz CT molecular complexity index is 726. The largest absolute Gasteiger partial charge is 0.491 e. The molecule has 1 aromatic carbocycles. The van der Waals surface area contributed by atoms with Gasteiger partial charge in [0, 0.05) is 24.9 Å². The van der Waals surface area contributed by atoms with E-state index in [4.69, 9.17) is 37.4 Å². The summed E-state index contributed by atoms with van der Waals surface area (Å²) in [5.41, 5.74) is -0.349. The number of benzene rings is 1. The smallest absolute Gasteiger partial charge is 0.417 e. The molecular formula is C16H14Cl2F3NO3. The van der Waals surface area contributed by atoms with Crippen molar-refractivity contribution in [3.63, 3.8) is 0 Å². The van der Waals surface area contributed by atoms with Crippen LogP contribution < -0.4 is 9.47 Å². The minimum Gasteiger partial charge on any atom is -0.491 e. The van der Waals surface area contributed by atoms with E-state index < -0.39 is 11.7 Å². The molecule has 0 aliphatic rings. The molecule has 0 bridgehead atoms. The first-order valence-electron chi connectivity index (χ1n) is 7.06. The summed E-state index contributed by atoms with van der Waals surface area (Å²) in [7, 11) is 1.55. The lowest BCUT2D eigenvalue weighted by Gasteiger charge is -2.13. The molecule has 0 spiro atoms. The summed E-state index contributed by atoms with van der Waals surface area (Å²) in [5, 5.41) is -0.263. The molecule has 9 heteroatoms. The number of pyridine rings is 1. The second-order valence-electron chi connectivity index (χ2n) is 4.86. The van der Waals surface area contributed by atoms with Crippen LogP contribution in [-0.2, 0) is 16.8 Å². The predicted molar refractivity (Wildman–Crippen MR) is 87.7 cm³/mol. The highest BCUT2D eigenvalue weighted by Crippen LogP contribution is 2.36. The molecular weight excluding hydrogens is 382 g/mol. The highest BCUT2D eigenvalue weighted by Gasteiger charge is 2.31. The zero-order valence-electron chi connectivity index (χ0n) is 13.1. The molecule has 0 radical (unpaired) electrons. The Balaban J connectivity index is 2.24. The summed E-state index contributed by atoms with van der Waals surface area (Å²) in [6.45, 7) is 0.731. The number of methoxy groups -OCH3 is 1. The second-order valence-corrected chi connectivity index (χ2v) is 5.53. The molecule has 1 heterocycles. The molecule has 136 valence electrons. The fourth-order valence-corrected chi connectivity index (χ4v) is 2.26. The standard InChI is InChI=1S/C16H14Cl2F3NO3/c1-23-4-5-24-12-3-2-10(8-17)14(7-12)25-15-13(18)6-11(9-22-15)16(19,20)21/h2-3,6-7,9H,4-5,8H2,1H3. The highest BCUT2D eigenvalue weighted by atomic mass is 35.5. The van der Waals surface area contributed by atoms with Gasteiger partial charge in [0.2, 0.25) is 5.88 Å². The van der Waals surface area contributed by atoms with E-state index in [9.17, 15) is 13.2 Å². The van der Waals surface area contributed by atoms with Gasteiger partial charge in [-0.2, -0.15) is 13.2 Å². The number of halogens is 5. The maximum Gasteiger partial charge on any atom is 0.417 e. The number of nitrogens with zero attached hydrogens (tertiary/aromatic N) is 1. The van der Waals surface area contributed by atoms with E-state index in [1.165, 1.54) is 0 Å². The molecule has 0 N–H and O–H groups in total. The van der Waals surface area contributed by atoms with Gasteiger partial charge in [0.1, 0.15) is 23.1 Å². The van der Waals surface area contributed by atoms with Crippen LogP contribution in [0.2, 0.25) is 5.02 Å². The number of ether oxygens (including phenoxy) is 3. The Morgan fingerprint density at radius 1 is 1.16 bits per heavy atom. The molecule has 0 aliphatic heterocycles. The lowest BCUT2D eigenvalue weighted by Crippen LogP contribution is -2.06. The predicted octanol–water partition coefficient (Wildman–Crippen LogP) is 5.31. The van der Waals surface area contributed by atoms with Crippen LogP contribution in [0.1, 0.15) is 11.1 Å². The topological polar surface area (TPSA) is 40.6 Å². The van der Waals surface area contributed by atoms with Crippen molar-refractivity contribution >= 4 is 23.2 Å². The third-order valence-electron chi connectivity index (χ3n) is 3.08. The van der Waals surface area contributed by atoms with Crippen LogP contribution in [0.15, 0.2) is 30.5 Å². The first-order valence-corrected chi connectivity index (χ1v) is 7.97. The number of aromatic nitrogens is 1. The minimum atomic E-state index is -4.54. The molecule has 0 amide bonds. The van der Waals surface area contributed by atoms with Crippen LogP contribution in [0.3, 0.4) is 0 Å². The maximum atomic E-state index is 12.7. The third kappa shape index (κ3) is 5.39. The average molecular weight is 396 g/mol. The van der Waals surface area contributed by atoms with Crippen LogP contribution in [0, 0.1) is 0 Å². The van der Waals surface area contributed by atoms with Gasteiger partial charge in [-0.15, -0.1) is 11.6 Å². The Labute approximate surface area is 152 Å². The average Bonchev–Trinajstić information content (AvgIpc) is 2.56. The van der Waals surface area contributed by atoms with Crippen LogP contribution in [-0.4, -0.2) is 25.3 Å². The number of hydrogen-bond acceptors (Lipinski definition) is 4. The molecule has 2 aromatic rings. The van der Waals surface area contributed by atoms with Gasteiger partial charge in [0.15, 0.2) is 0 Å². The van der Waals surface area contributed by atoms with Gasteiger partial charge in [0.25, 0.3) is 0 Å². The normalized spacial score (nSPS) is 11.4.